The van der Waals surface area contributed by atoms with Gasteiger partial charge in [0, 0.05) is 11.9 Å². The topological polar surface area (TPSA) is 67.3 Å². The molecule has 0 saturated heterocycles. The molecule has 13 heavy (non-hydrogen) atoms. The van der Waals surface area contributed by atoms with Gasteiger partial charge < -0.3 is 0 Å². The van der Waals surface area contributed by atoms with Crippen LogP contribution in [-0.2, 0) is 16.5 Å². The zero-order valence-electron chi connectivity index (χ0n) is 7.27. The van der Waals surface area contributed by atoms with E-state index in [2.05, 4.69) is 4.98 Å². The fraction of sp³-hybridized carbons (Fsp3) is 0.375. The summed E-state index contributed by atoms with van der Waals surface area (Å²) in [5, 5.41) is 0. The largest absolute Gasteiger partial charge is 0.296 e. The molecule has 0 unspecified atom stereocenters. The third-order valence-electron chi connectivity index (χ3n) is 1.60. The summed E-state index contributed by atoms with van der Waals surface area (Å²) >= 11 is 0. The molecule has 1 N–H and O–H groups in total. The van der Waals surface area contributed by atoms with Crippen LogP contribution in [0.25, 0.3) is 0 Å². The van der Waals surface area contributed by atoms with E-state index < -0.39 is 10.1 Å². The Bertz CT molecular complexity index is 369. The molecule has 0 atom stereocenters. The molecule has 1 heterocycles. The second-order valence-electron chi connectivity index (χ2n) is 2.71. The molecule has 0 bridgehead atoms. The monoisotopic (exact) mass is 201 g/mol. The van der Waals surface area contributed by atoms with Crippen molar-refractivity contribution in [1.82, 2.24) is 4.98 Å². The molecule has 0 aliphatic rings. The van der Waals surface area contributed by atoms with Gasteiger partial charge in [0.15, 0.2) is 0 Å². The fourth-order valence-corrected chi connectivity index (χ4v) is 1.39. The summed E-state index contributed by atoms with van der Waals surface area (Å²) in [4.78, 5) is 3.74. The standard InChI is InChI=1S/C8H11NO3S/c1-2-3-7-4-5-8(6-9-7)13(10,11)12/h4-6H,2-3H2,1H3,(H,10,11,12). The SMILES string of the molecule is CCCc1ccc(S(=O)(=O)O)cn1. The summed E-state index contributed by atoms with van der Waals surface area (Å²) in [5.41, 5.74) is 0.829. The number of nitrogens with zero attached hydrogens (tertiary/aromatic N) is 1. The number of aryl methyl sites for hydroxylation is 1. The van der Waals surface area contributed by atoms with Crippen molar-refractivity contribution in [3.05, 3.63) is 24.0 Å². The van der Waals surface area contributed by atoms with E-state index in [1.807, 2.05) is 6.92 Å². The summed E-state index contributed by atoms with van der Waals surface area (Å²) in [5.74, 6) is 0. The highest BCUT2D eigenvalue weighted by Crippen LogP contribution is 2.07. The minimum Gasteiger partial charge on any atom is -0.282 e. The molecule has 4 nitrogen and oxygen atoms in total. The Balaban J connectivity index is 2.94. The van der Waals surface area contributed by atoms with Gasteiger partial charge in [-0.25, -0.2) is 0 Å². The maximum absolute atomic E-state index is 10.6. The molecule has 0 radical (unpaired) electrons. The first-order valence-corrected chi connectivity index (χ1v) is 5.40. The highest BCUT2D eigenvalue weighted by Gasteiger charge is 2.08. The molecule has 0 aromatic carbocycles. The lowest BCUT2D eigenvalue weighted by Gasteiger charge is -1.98. The molecule has 0 fully saturated rings. The second-order valence-corrected chi connectivity index (χ2v) is 4.13. The summed E-state index contributed by atoms with van der Waals surface area (Å²) in [6, 6.07) is 2.96. The molecule has 5 heteroatoms. The molecule has 0 saturated carbocycles. The molecule has 0 aliphatic heterocycles. The van der Waals surface area contributed by atoms with Crippen molar-refractivity contribution in [2.75, 3.05) is 0 Å². The minimum absolute atomic E-state index is 0.160. The Labute approximate surface area is 77.4 Å². The van der Waals surface area contributed by atoms with Crippen LogP contribution in [0, 0.1) is 0 Å². The first-order valence-electron chi connectivity index (χ1n) is 3.96. The van der Waals surface area contributed by atoms with Gasteiger partial charge in [-0.05, 0) is 18.6 Å². The van der Waals surface area contributed by atoms with Gasteiger partial charge in [0.2, 0.25) is 0 Å². The summed E-state index contributed by atoms with van der Waals surface area (Å²) < 4.78 is 29.9. The lowest BCUT2D eigenvalue weighted by atomic mass is 10.2. The zero-order valence-corrected chi connectivity index (χ0v) is 8.08. The first kappa shape index (κ1) is 10.1. The Kier molecular flexibility index (Phi) is 3.00. The van der Waals surface area contributed by atoms with Crippen LogP contribution in [0.2, 0.25) is 0 Å². The van der Waals surface area contributed by atoms with Crippen molar-refractivity contribution in [1.29, 1.82) is 0 Å². The van der Waals surface area contributed by atoms with E-state index in [1.165, 1.54) is 12.3 Å². The van der Waals surface area contributed by atoms with E-state index in [0.717, 1.165) is 18.5 Å². The van der Waals surface area contributed by atoms with Crippen LogP contribution in [0.1, 0.15) is 19.0 Å². The number of hydrogen-bond acceptors (Lipinski definition) is 3. The molecule has 0 amide bonds. The minimum atomic E-state index is -4.10. The van der Waals surface area contributed by atoms with Gasteiger partial charge in [0.05, 0.1) is 0 Å². The molecule has 1 rings (SSSR count). The normalized spacial score (nSPS) is 11.5. The second kappa shape index (κ2) is 3.85. The highest BCUT2D eigenvalue weighted by atomic mass is 32.2. The third-order valence-corrected chi connectivity index (χ3v) is 2.44. The quantitative estimate of drug-likeness (QED) is 0.748. The predicted molar refractivity (Wildman–Crippen MR) is 48.0 cm³/mol. The van der Waals surface area contributed by atoms with Crippen molar-refractivity contribution in [2.45, 2.75) is 24.7 Å². The van der Waals surface area contributed by atoms with Crippen LogP contribution in [0.3, 0.4) is 0 Å². The molecule has 0 aliphatic carbocycles. The number of hydrogen-bond donors (Lipinski definition) is 1. The summed E-state index contributed by atoms with van der Waals surface area (Å²) in [6.45, 7) is 2.01. The van der Waals surface area contributed by atoms with Gasteiger partial charge in [-0.1, -0.05) is 13.3 Å². The zero-order chi connectivity index (χ0) is 9.90. The van der Waals surface area contributed by atoms with Crippen LogP contribution in [0.5, 0.6) is 0 Å². The van der Waals surface area contributed by atoms with Crippen molar-refractivity contribution in [2.24, 2.45) is 0 Å². The van der Waals surface area contributed by atoms with Gasteiger partial charge in [0.1, 0.15) is 4.90 Å². The van der Waals surface area contributed by atoms with Crippen LogP contribution >= 0.6 is 0 Å². The van der Waals surface area contributed by atoms with Crippen LogP contribution in [-0.4, -0.2) is 18.0 Å². The van der Waals surface area contributed by atoms with Crippen molar-refractivity contribution < 1.29 is 13.0 Å². The third kappa shape index (κ3) is 2.78. The van der Waals surface area contributed by atoms with Gasteiger partial charge >= 0.3 is 0 Å². The average molecular weight is 201 g/mol. The lowest BCUT2D eigenvalue weighted by Crippen LogP contribution is -1.99. The fourth-order valence-electron chi connectivity index (χ4n) is 0.968. The van der Waals surface area contributed by atoms with Crippen molar-refractivity contribution in [3.8, 4) is 0 Å². The van der Waals surface area contributed by atoms with Crippen LogP contribution in [0.4, 0.5) is 0 Å². The Morgan fingerprint density at radius 1 is 1.46 bits per heavy atom. The van der Waals surface area contributed by atoms with E-state index in [1.54, 1.807) is 6.07 Å². The summed E-state index contributed by atoms with van der Waals surface area (Å²) in [6.07, 6.45) is 2.93. The molecule has 1 aromatic heterocycles. The summed E-state index contributed by atoms with van der Waals surface area (Å²) in [7, 11) is -4.10. The Hall–Kier alpha value is -0.940. The van der Waals surface area contributed by atoms with E-state index in [-0.39, 0.29) is 4.90 Å². The molecule has 72 valence electrons. The Morgan fingerprint density at radius 2 is 2.15 bits per heavy atom. The van der Waals surface area contributed by atoms with E-state index >= 15 is 0 Å². The Morgan fingerprint density at radius 3 is 2.54 bits per heavy atom. The maximum atomic E-state index is 10.6. The number of aromatic nitrogens is 1. The van der Waals surface area contributed by atoms with Crippen LogP contribution in [0.15, 0.2) is 23.2 Å². The van der Waals surface area contributed by atoms with E-state index in [9.17, 15) is 8.42 Å². The maximum Gasteiger partial charge on any atom is 0.296 e. The molecule has 0 spiro atoms. The molecular weight excluding hydrogens is 190 g/mol. The average Bonchev–Trinajstić information content (AvgIpc) is 2.04. The smallest absolute Gasteiger partial charge is 0.282 e. The predicted octanol–water partition coefficient (Wildman–Crippen LogP) is 1.28. The molecular formula is C8H11NO3S. The van der Waals surface area contributed by atoms with Crippen molar-refractivity contribution >= 4 is 10.1 Å². The molecule has 1 aromatic rings. The van der Waals surface area contributed by atoms with Gasteiger partial charge in [-0.2, -0.15) is 8.42 Å². The first-order chi connectivity index (χ1) is 6.04. The van der Waals surface area contributed by atoms with Crippen LogP contribution < -0.4 is 0 Å². The van der Waals surface area contributed by atoms with Gasteiger partial charge in [-0.3, -0.25) is 9.54 Å². The lowest BCUT2D eigenvalue weighted by molar-refractivity contribution is 0.482. The highest BCUT2D eigenvalue weighted by molar-refractivity contribution is 7.85. The number of rotatable bonds is 3. The van der Waals surface area contributed by atoms with Gasteiger partial charge in [0.25, 0.3) is 10.1 Å². The van der Waals surface area contributed by atoms with E-state index in [4.69, 9.17) is 4.55 Å². The van der Waals surface area contributed by atoms with Gasteiger partial charge in [-0.15, -0.1) is 0 Å². The number of pyridine rings is 1. The van der Waals surface area contributed by atoms with Crippen molar-refractivity contribution in [3.63, 3.8) is 0 Å². The van der Waals surface area contributed by atoms with E-state index in [0.29, 0.717) is 0 Å².